The molecule has 1 spiro atoms. The van der Waals surface area contributed by atoms with Crippen molar-refractivity contribution in [2.24, 2.45) is 22.7 Å². The van der Waals surface area contributed by atoms with Gasteiger partial charge in [-0.2, -0.15) is 0 Å². The third-order valence-corrected chi connectivity index (χ3v) is 10.4. The monoisotopic (exact) mass is 368 g/mol. The Balaban J connectivity index is 1.83. The first-order valence-electron chi connectivity index (χ1n) is 9.67. The topological polar surface area (TPSA) is 43.4 Å². The maximum Gasteiger partial charge on any atom is 0.310 e. The van der Waals surface area contributed by atoms with E-state index in [9.17, 15) is 9.59 Å². The lowest BCUT2D eigenvalue weighted by molar-refractivity contribution is -0.146. The van der Waals surface area contributed by atoms with Gasteiger partial charge in [-0.3, -0.25) is 9.59 Å². The molecule has 0 aliphatic heterocycles. The van der Waals surface area contributed by atoms with Crippen LogP contribution >= 0.6 is 0 Å². The molecule has 2 saturated carbocycles. The molecule has 3 aliphatic carbocycles. The first kappa shape index (κ1) is 17.7. The summed E-state index contributed by atoms with van der Waals surface area (Å²) in [6, 6.07) is 10.5. The molecule has 1 aromatic carbocycles. The second-order valence-electron chi connectivity index (χ2n) is 9.47. The fourth-order valence-electron chi connectivity index (χ4n) is 5.91. The van der Waals surface area contributed by atoms with Crippen molar-refractivity contribution in [3.63, 3.8) is 0 Å². The van der Waals surface area contributed by atoms with E-state index in [2.05, 4.69) is 51.2 Å². The van der Waals surface area contributed by atoms with Crippen LogP contribution in [-0.2, 0) is 14.3 Å². The molecule has 26 heavy (non-hydrogen) atoms. The lowest BCUT2D eigenvalue weighted by Gasteiger charge is -2.28. The van der Waals surface area contributed by atoms with Gasteiger partial charge in [0.1, 0.15) is 8.07 Å². The lowest BCUT2D eigenvalue weighted by Crippen LogP contribution is -2.47. The van der Waals surface area contributed by atoms with Crippen molar-refractivity contribution in [1.82, 2.24) is 0 Å². The molecule has 3 atom stereocenters. The van der Waals surface area contributed by atoms with Crippen molar-refractivity contribution in [2.45, 2.75) is 46.7 Å². The molecule has 0 heterocycles. The van der Waals surface area contributed by atoms with Crippen molar-refractivity contribution in [1.29, 1.82) is 0 Å². The molecule has 3 nitrogen and oxygen atoms in total. The predicted octanol–water partition coefficient (Wildman–Crippen LogP) is 3.64. The average molecular weight is 369 g/mol. The largest absolute Gasteiger partial charge is 0.466 e. The average Bonchev–Trinajstić information content (AvgIpc) is 3.05. The van der Waals surface area contributed by atoms with Crippen LogP contribution in [-0.4, -0.2) is 26.4 Å². The summed E-state index contributed by atoms with van der Waals surface area (Å²) in [6.45, 7) is 11.3. The minimum absolute atomic E-state index is 0.141. The minimum atomic E-state index is -2.08. The van der Waals surface area contributed by atoms with Gasteiger partial charge in [0.2, 0.25) is 0 Å². The Labute approximate surface area is 156 Å². The fraction of sp³-hybridized carbons (Fsp3) is 0.545. The number of ether oxygens (including phenoxy) is 1. The molecule has 0 radical (unpaired) electrons. The van der Waals surface area contributed by atoms with Gasteiger partial charge in [0.05, 0.1) is 12.5 Å². The maximum atomic E-state index is 13.5. The van der Waals surface area contributed by atoms with Crippen LogP contribution < -0.4 is 5.19 Å². The third kappa shape index (κ3) is 2.17. The highest BCUT2D eigenvalue weighted by Gasteiger charge is 2.80. The molecule has 2 fully saturated rings. The molecule has 0 bridgehead atoms. The Morgan fingerprint density at radius 1 is 1.23 bits per heavy atom. The van der Waals surface area contributed by atoms with Crippen LogP contribution in [0.1, 0.15) is 33.6 Å². The summed E-state index contributed by atoms with van der Waals surface area (Å²) in [7, 11) is -2.08. The standard InChI is InChI=1S/C22H28O3Si/c1-6-25-20(24)17-16-18(23)19(15-12-21(2,3)13-22(15,16)17)26(4,5)14-10-8-7-9-11-14/h7-11,16-17H,6,12-13H2,1-5H3/t16-,17-,22?/m1/s1. The summed E-state index contributed by atoms with van der Waals surface area (Å²) in [5.74, 6) is -0.326. The number of rotatable bonds is 4. The van der Waals surface area contributed by atoms with Crippen molar-refractivity contribution in [3.8, 4) is 0 Å². The van der Waals surface area contributed by atoms with E-state index in [1.165, 1.54) is 10.8 Å². The first-order valence-corrected chi connectivity index (χ1v) is 12.7. The maximum absolute atomic E-state index is 13.5. The second-order valence-corrected chi connectivity index (χ2v) is 13.8. The van der Waals surface area contributed by atoms with E-state index < -0.39 is 8.07 Å². The molecular formula is C22H28O3Si. The number of esters is 1. The van der Waals surface area contributed by atoms with E-state index in [-0.39, 0.29) is 34.4 Å². The number of carbonyl (C=O) groups excluding carboxylic acids is 2. The number of hydrogen-bond donors (Lipinski definition) is 0. The van der Waals surface area contributed by atoms with Crippen molar-refractivity contribution in [3.05, 3.63) is 41.1 Å². The van der Waals surface area contributed by atoms with Gasteiger partial charge in [0.15, 0.2) is 5.78 Å². The molecule has 0 saturated heterocycles. The molecule has 4 heteroatoms. The van der Waals surface area contributed by atoms with Gasteiger partial charge in [0, 0.05) is 11.3 Å². The summed E-state index contributed by atoms with van der Waals surface area (Å²) in [5.41, 5.74) is 1.21. The van der Waals surface area contributed by atoms with Crippen LogP contribution in [0.4, 0.5) is 0 Å². The van der Waals surface area contributed by atoms with Gasteiger partial charge in [-0.05, 0) is 30.4 Å². The highest BCUT2D eigenvalue weighted by Crippen LogP contribution is 2.78. The van der Waals surface area contributed by atoms with Gasteiger partial charge in [-0.25, -0.2) is 0 Å². The highest BCUT2D eigenvalue weighted by molar-refractivity contribution is 6.99. The highest BCUT2D eigenvalue weighted by atomic mass is 28.3. The Kier molecular flexibility index (Phi) is 3.69. The van der Waals surface area contributed by atoms with Crippen molar-refractivity contribution in [2.75, 3.05) is 6.61 Å². The van der Waals surface area contributed by atoms with Crippen molar-refractivity contribution >= 4 is 25.0 Å². The summed E-state index contributed by atoms with van der Waals surface area (Å²) >= 11 is 0. The van der Waals surface area contributed by atoms with Crippen LogP contribution in [0.3, 0.4) is 0 Å². The van der Waals surface area contributed by atoms with Gasteiger partial charge >= 0.3 is 5.97 Å². The number of hydrogen-bond acceptors (Lipinski definition) is 3. The lowest BCUT2D eigenvalue weighted by atomic mass is 9.88. The van der Waals surface area contributed by atoms with E-state index in [1.54, 1.807) is 0 Å². The summed E-state index contributed by atoms with van der Waals surface area (Å²) in [5, 5.41) is 2.39. The smallest absolute Gasteiger partial charge is 0.310 e. The van der Waals surface area contributed by atoms with E-state index in [4.69, 9.17) is 4.74 Å². The third-order valence-electron chi connectivity index (χ3n) is 6.81. The molecule has 4 rings (SSSR count). The minimum Gasteiger partial charge on any atom is -0.466 e. The number of ketones is 1. The van der Waals surface area contributed by atoms with Crippen molar-refractivity contribution < 1.29 is 14.3 Å². The zero-order valence-electron chi connectivity index (χ0n) is 16.4. The summed E-state index contributed by atoms with van der Waals surface area (Å²) in [6.07, 6.45) is 1.86. The molecular weight excluding hydrogens is 340 g/mol. The fourth-order valence-corrected chi connectivity index (χ4v) is 9.07. The summed E-state index contributed by atoms with van der Waals surface area (Å²) in [4.78, 5) is 26.0. The molecule has 0 amide bonds. The molecule has 0 aromatic heterocycles. The molecule has 138 valence electrons. The summed E-state index contributed by atoms with van der Waals surface area (Å²) < 4.78 is 5.32. The molecule has 3 aliphatic rings. The Hall–Kier alpha value is -1.68. The Bertz CT molecular complexity index is 821. The van der Waals surface area contributed by atoms with Crippen LogP contribution in [0.2, 0.25) is 13.1 Å². The Morgan fingerprint density at radius 2 is 1.88 bits per heavy atom. The van der Waals surface area contributed by atoms with Crippen LogP contribution in [0.5, 0.6) is 0 Å². The predicted molar refractivity (Wildman–Crippen MR) is 105 cm³/mol. The van der Waals surface area contributed by atoms with Gasteiger partial charge in [-0.15, -0.1) is 0 Å². The molecule has 1 aromatic rings. The SMILES string of the molecule is CCOC(=O)[C@H]1[C@@H]2C(=O)C([Si](C)(C)c3ccccc3)=C3CC(C)(C)CC312. The number of Topliss-reactive ketones (excluding diaryl/α,β-unsaturated/α-hetero) is 1. The number of carbonyl (C=O) groups is 2. The van der Waals surface area contributed by atoms with E-state index >= 15 is 0 Å². The van der Waals surface area contributed by atoms with Crippen LogP contribution in [0.25, 0.3) is 0 Å². The number of allylic oxidation sites excluding steroid dienone is 2. The van der Waals surface area contributed by atoms with E-state index in [0.717, 1.165) is 18.0 Å². The first-order chi connectivity index (χ1) is 12.2. The zero-order chi connectivity index (χ0) is 18.9. The second kappa shape index (κ2) is 5.41. The normalized spacial score (nSPS) is 31.7. The Morgan fingerprint density at radius 3 is 2.50 bits per heavy atom. The number of benzene rings is 1. The van der Waals surface area contributed by atoms with Crippen LogP contribution in [0.15, 0.2) is 41.1 Å². The molecule has 0 N–H and O–H groups in total. The van der Waals surface area contributed by atoms with Gasteiger partial charge < -0.3 is 4.74 Å². The van der Waals surface area contributed by atoms with E-state index in [0.29, 0.717) is 6.61 Å². The molecule has 1 unspecified atom stereocenters. The van der Waals surface area contributed by atoms with E-state index in [1.807, 2.05) is 13.0 Å². The zero-order valence-corrected chi connectivity index (χ0v) is 17.4. The van der Waals surface area contributed by atoms with Crippen LogP contribution in [0, 0.1) is 22.7 Å². The van der Waals surface area contributed by atoms with Gasteiger partial charge in [0.25, 0.3) is 0 Å². The van der Waals surface area contributed by atoms with Gasteiger partial charge in [-0.1, -0.05) is 68.0 Å². The quantitative estimate of drug-likeness (QED) is 0.602.